The number of nitrogens with zero attached hydrogens (tertiary/aromatic N) is 3. The summed E-state index contributed by atoms with van der Waals surface area (Å²) >= 11 is 4.98. The van der Waals surface area contributed by atoms with Crippen molar-refractivity contribution in [3.8, 4) is 0 Å². The van der Waals surface area contributed by atoms with Crippen LogP contribution in [0.25, 0.3) is 0 Å². The van der Waals surface area contributed by atoms with Crippen LogP contribution in [0.15, 0.2) is 67.9 Å². The van der Waals surface area contributed by atoms with Gasteiger partial charge in [0.15, 0.2) is 0 Å². The van der Waals surface area contributed by atoms with Crippen LogP contribution in [-0.4, -0.2) is 68.7 Å². The van der Waals surface area contributed by atoms with E-state index in [-0.39, 0.29) is 17.3 Å². The second-order valence-electron chi connectivity index (χ2n) is 6.70. The molecule has 2 aromatic rings. The van der Waals surface area contributed by atoms with Crippen molar-refractivity contribution >= 4 is 49.8 Å². The molecular formula is C20H23BrN4O3S2. The molecule has 1 amide bonds. The third-order valence-corrected chi connectivity index (χ3v) is 7.85. The van der Waals surface area contributed by atoms with Crippen molar-refractivity contribution in [2.45, 2.75) is 9.79 Å². The number of carbonyl (C=O) groups is 1. The number of amides is 1. The van der Waals surface area contributed by atoms with E-state index in [0.717, 1.165) is 14.9 Å². The van der Waals surface area contributed by atoms with Gasteiger partial charge in [0.05, 0.1) is 17.7 Å². The van der Waals surface area contributed by atoms with Gasteiger partial charge in [-0.05, 0) is 48.2 Å². The summed E-state index contributed by atoms with van der Waals surface area (Å²) in [5.74, 6) is -0.226. The number of hydrazone groups is 1. The Hall–Kier alpha value is -1.72. The number of sulfonamides is 1. The molecule has 10 heteroatoms. The third kappa shape index (κ3) is 6.14. The molecule has 0 radical (unpaired) electrons. The lowest BCUT2D eigenvalue weighted by molar-refractivity contribution is -0.122. The normalized spacial score (nSPS) is 16.1. The Labute approximate surface area is 189 Å². The minimum absolute atomic E-state index is 0.176. The van der Waals surface area contributed by atoms with E-state index in [1.165, 1.54) is 4.31 Å². The summed E-state index contributed by atoms with van der Waals surface area (Å²) in [6.07, 6.45) is 3.62. The fraction of sp³-hybridized carbons (Fsp3) is 0.300. The fourth-order valence-corrected chi connectivity index (χ4v) is 5.09. The quantitative estimate of drug-likeness (QED) is 0.351. The molecule has 0 aromatic heterocycles. The number of thioether (sulfide) groups is 1. The molecule has 1 aliphatic rings. The van der Waals surface area contributed by atoms with Gasteiger partial charge in [0, 0.05) is 35.5 Å². The van der Waals surface area contributed by atoms with Gasteiger partial charge < -0.3 is 0 Å². The first-order valence-electron chi connectivity index (χ1n) is 9.32. The van der Waals surface area contributed by atoms with Gasteiger partial charge in [-0.25, -0.2) is 13.8 Å². The van der Waals surface area contributed by atoms with Gasteiger partial charge in [0.2, 0.25) is 10.0 Å². The van der Waals surface area contributed by atoms with Gasteiger partial charge >= 0.3 is 0 Å². The minimum atomic E-state index is -3.52. The van der Waals surface area contributed by atoms with Crippen LogP contribution in [0.1, 0.15) is 5.56 Å². The molecule has 7 nitrogen and oxygen atoms in total. The van der Waals surface area contributed by atoms with Crippen molar-refractivity contribution in [2.75, 3.05) is 39.0 Å². The SMILES string of the molecule is CSc1ccc(/C=N/NC(=O)CN2CCN(S(=O)(=O)c3ccc(Br)cc3)CC2)cc1. The van der Waals surface area contributed by atoms with Crippen LogP contribution in [0.5, 0.6) is 0 Å². The Morgan fingerprint density at radius 3 is 2.33 bits per heavy atom. The Balaban J connectivity index is 1.46. The molecule has 1 fully saturated rings. The zero-order valence-corrected chi connectivity index (χ0v) is 19.7. The van der Waals surface area contributed by atoms with Gasteiger partial charge in [-0.1, -0.05) is 28.1 Å². The molecule has 0 unspecified atom stereocenters. The summed E-state index contributed by atoms with van der Waals surface area (Å²) in [6.45, 7) is 1.84. The average molecular weight is 511 g/mol. The van der Waals surface area contributed by atoms with Crippen molar-refractivity contribution < 1.29 is 13.2 Å². The molecular weight excluding hydrogens is 488 g/mol. The first-order valence-corrected chi connectivity index (χ1v) is 12.8. The highest BCUT2D eigenvalue weighted by Crippen LogP contribution is 2.20. The maximum Gasteiger partial charge on any atom is 0.254 e. The molecule has 160 valence electrons. The molecule has 1 N–H and O–H groups in total. The van der Waals surface area contributed by atoms with Crippen molar-refractivity contribution in [1.29, 1.82) is 0 Å². The van der Waals surface area contributed by atoms with Crippen LogP contribution in [0.3, 0.4) is 0 Å². The molecule has 1 aliphatic heterocycles. The van der Waals surface area contributed by atoms with Gasteiger partial charge in [0.1, 0.15) is 0 Å². The molecule has 0 aliphatic carbocycles. The number of carbonyl (C=O) groups excluding carboxylic acids is 1. The molecule has 0 bridgehead atoms. The maximum atomic E-state index is 12.7. The Bertz CT molecular complexity index is 988. The average Bonchev–Trinajstić information content (AvgIpc) is 2.75. The smallest absolute Gasteiger partial charge is 0.254 e. The zero-order chi connectivity index (χ0) is 21.6. The number of hydrogen-bond donors (Lipinski definition) is 1. The number of halogens is 1. The van der Waals surface area contributed by atoms with E-state index in [4.69, 9.17) is 0 Å². The summed E-state index contributed by atoms with van der Waals surface area (Å²) in [4.78, 5) is 15.5. The molecule has 2 aromatic carbocycles. The van der Waals surface area contributed by atoms with Crippen molar-refractivity contribution in [1.82, 2.24) is 14.6 Å². The third-order valence-electron chi connectivity index (χ3n) is 4.67. The van der Waals surface area contributed by atoms with Crippen LogP contribution < -0.4 is 5.43 Å². The van der Waals surface area contributed by atoms with E-state index in [9.17, 15) is 13.2 Å². The van der Waals surface area contributed by atoms with Crippen LogP contribution in [0.4, 0.5) is 0 Å². The van der Waals surface area contributed by atoms with Gasteiger partial charge in [0.25, 0.3) is 5.91 Å². The largest absolute Gasteiger partial charge is 0.292 e. The summed E-state index contributed by atoms with van der Waals surface area (Å²) in [5, 5.41) is 4.00. The monoisotopic (exact) mass is 510 g/mol. The van der Waals surface area contributed by atoms with E-state index >= 15 is 0 Å². The molecule has 3 rings (SSSR count). The lowest BCUT2D eigenvalue weighted by Crippen LogP contribution is -2.50. The fourth-order valence-electron chi connectivity index (χ4n) is 2.99. The number of piperazine rings is 1. The zero-order valence-electron chi connectivity index (χ0n) is 16.5. The van der Waals surface area contributed by atoms with Gasteiger partial charge in [-0.3, -0.25) is 9.69 Å². The van der Waals surface area contributed by atoms with E-state index in [1.807, 2.05) is 35.4 Å². The number of nitrogens with one attached hydrogen (secondary N) is 1. The summed E-state index contributed by atoms with van der Waals surface area (Å²) in [6, 6.07) is 14.5. The Morgan fingerprint density at radius 2 is 1.73 bits per heavy atom. The highest BCUT2D eigenvalue weighted by Gasteiger charge is 2.28. The number of hydrogen-bond acceptors (Lipinski definition) is 6. The highest BCUT2D eigenvalue weighted by molar-refractivity contribution is 9.10. The first kappa shape index (κ1) is 23.0. The number of benzene rings is 2. The van der Waals surface area contributed by atoms with Gasteiger partial charge in [-0.2, -0.15) is 9.41 Å². The summed E-state index contributed by atoms with van der Waals surface area (Å²) in [7, 11) is -3.52. The van der Waals surface area contributed by atoms with Crippen LogP contribution in [0, 0.1) is 0 Å². The predicted molar refractivity (Wildman–Crippen MR) is 123 cm³/mol. The first-order chi connectivity index (χ1) is 14.4. The van der Waals surface area contributed by atoms with Crippen molar-refractivity contribution in [3.63, 3.8) is 0 Å². The minimum Gasteiger partial charge on any atom is -0.292 e. The second kappa shape index (κ2) is 10.5. The van der Waals surface area contributed by atoms with Crippen LogP contribution in [-0.2, 0) is 14.8 Å². The van der Waals surface area contributed by atoms with E-state index in [0.29, 0.717) is 26.2 Å². The molecule has 30 heavy (non-hydrogen) atoms. The van der Waals surface area contributed by atoms with E-state index < -0.39 is 10.0 Å². The summed E-state index contributed by atoms with van der Waals surface area (Å²) < 4.78 is 27.8. The molecule has 0 atom stereocenters. The molecule has 0 spiro atoms. The van der Waals surface area contributed by atoms with Crippen LogP contribution in [0.2, 0.25) is 0 Å². The molecule has 1 heterocycles. The lowest BCUT2D eigenvalue weighted by Gasteiger charge is -2.33. The standard InChI is InChI=1S/C20H23BrN4O3S2/c1-29-18-6-2-16(3-7-18)14-22-23-20(26)15-24-10-12-25(13-11-24)30(27,28)19-8-4-17(21)5-9-19/h2-9,14H,10-13,15H2,1H3,(H,23,26)/b22-14+. The van der Waals surface area contributed by atoms with Crippen molar-refractivity contribution in [3.05, 3.63) is 58.6 Å². The second-order valence-corrected chi connectivity index (χ2v) is 10.4. The Kier molecular flexibility index (Phi) is 8.06. The van der Waals surface area contributed by atoms with Gasteiger partial charge in [-0.15, -0.1) is 11.8 Å². The van der Waals surface area contributed by atoms with E-state index in [1.54, 1.807) is 42.2 Å². The van der Waals surface area contributed by atoms with E-state index in [2.05, 4.69) is 26.5 Å². The molecule has 0 saturated carbocycles. The summed E-state index contributed by atoms with van der Waals surface area (Å²) in [5.41, 5.74) is 3.43. The Morgan fingerprint density at radius 1 is 1.10 bits per heavy atom. The van der Waals surface area contributed by atoms with Crippen molar-refractivity contribution in [2.24, 2.45) is 5.10 Å². The predicted octanol–water partition coefficient (Wildman–Crippen LogP) is 2.63. The topological polar surface area (TPSA) is 82.1 Å². The molecule has 1 saturated heterocycles. The lowest BCUT2D eigenvalue weighted by atomic mass is 10.2. The van der Waals surface area contributed by atoms with Crippen LogP contribution >= 0.6 is 27.7 Å². The maximum absolute atomic E-state index is 12.7. The number of rotatable bonds is 7. The highest BCUT2D eigenvalue weighted by atomic mass is 79.9.